The molecule has 1 atom stereocenters. The highest BCUT2D eigenvalue weighted by atomic mass is 16.5. The van der Waals surface area contributed by atoms with Gasteiger partial charge in [0.2, 0.25) is 0 Å². The van der Waals surface area contributed by atoms with Crippen LogP contribution in [0.2, 0.25) is 0 Å². The zero-order valence-electron chi connectivity index (χ0n) is 15.2. The Labute approximate surface area is 147 Å². The number of aromatic carboxylic acids is 1. The van der Waals surface area contributed by atoms with Gasteiger partial charge >= 0.3 is 5.97 Å². The number of nitrogens with zero attached hydrogens (tertiary/aromatic N) is 1. The van der Waals surface area contributed by atoms with Crippen molar-refractivity contribution in [3.05, 3.63) is 63.6 Å². The summed E-state index contributed by atoms with van der Waals surface area (Å²) in [5.41, 5.74) is 0.791. The second kappa shape index (κ2) is 7.55. The van der Waals surface area contributed by atoms with Gasteiger partial charge in [-0.15, -0.1) is 0 Å². The number of aryl methyl sites for hydroxylation is 2. The Hall–Kier alpha value is -2.56. The van der Waals surface area contributed by atoms with E-state index in [1.807, 2.05) is 24.3 Å². The summed E-state index contributed by atoms with van der Waals surface area (Å²) in [7, 11) is 1.65. The van der Waals surface area contributed by atoms with Gasteiger partial charge in [0, 0.05) is 18.3 Å². The average molecular weight is 343 g/mol. The van der Waals surface area contributed by atoms with Gasteiger partial charge in [0.15, 0.2) is 0 Å². The maximum Gasteiger partial charge on any atom is 0.341 e. The molecule has 1 aromatic heterocycles. The van der Waals surface area contributed by atoms with Crippen molar-refractivity contribution >= 4 is 5.97 Å². The first-order valence-corrected chi connectivity index (χ1v) is 8.41. The van der Waals surface area contributed by atoms with E-state index in [4.69, 9.17) is 4.74 Å². The summed E-state index contributed by atoms with van der Waals surface area (Å²) in [4.78, 5) is 23.8. The number of para-hydroxylation sites is 1. The number of ether oxygens (including phenoxy) is 1. The lowest BCUT2D eigenvalue weighted by atomic mass is 9.76. The molecule has 0 saturated carbocycles. The quantitative estimate of drug-likeness (QED) is 0.834. The van der Waals surface area contributed by atoms with Crippen molar-refractivity contribution in [1.82, 2.24) is 4.57 Å². The van der Waals surface area contributed by atoms with Crippen molar-refractivity contribution in [2.45, 2.75) is 45.6 Å². The second-order valence-electron chi connectivity index (χ2n) is 6.54. The second-order valence-corrected chi connectivity index (χ2v) is 6.54. The van der Waals surface area contributed by atoms with Crippen molar-refractivity contribution in [3.63, 3.8) is 0 Å². The van der Waals surface area contributed by atoms with E-state index in [-0.39, 0.29) is 11.0 Å². The predicted octanol–water partition coefficient (Wildman–Crippen LogP) is 3.62. The molecule has 1 aromatic carbocycles. The summed E-state index contributed by atoms with van der Waals surface area (Å²) in [6.07, 6.45) is 3.24. The fraction of sp³-hybridized carbons (Fsp3) is 0.400. The van der Waals surface area contributed by atoms with Crippen molar-refractivity contribution in [2.24, 2.45) is 0 Å². The normalized spacial score (nSPS) is 13.3. The van der Waals surface area contributed by atoms with Gasteiger partial charge in [-0.2, -0.15) is 0 Å². The lowest BCUT2D eigenvalue weighted by Gasteiger charge is -2.30. The molecule has 0 aliphatic rings. The molecule has 0 saturated heterocycles. The van der Waals surface area contributed by atoms with Gasteiger partial charge in [-0.3, -0.25) is 4.79 Å². The summed E-state index contributed by atoms with van der Waals surface area (Å²) in [6.45, 7) is 6.33. The Bertz CT molecular complexity index is 825. The molecule has 1 unspecified atom stereocenters. The Morgan fingerprint density at radius 1 is 1.28 bits per heavy atom. The van der Waals surface area contributed by atoms with Crippen LogP contribution in [0.5, 0.6) is 5.75 Å². The number of aromatic nitrogens is 1. The first-order valence-electron chi connectivity index (χ1n) is 8.41. The van der Waals surface area contributed by atoms with Crippen molar-refractivity contribution in [3.8, 4) is 5.75 Å². The van der Waals surface area contributed by atoms with Crippen molar-refractivity contribution in [2.75, 3.05) is 7.11 Å². The Morgan fingerprint density at radius 3 is 2.56 bits per heavy atom. The molecule has 0 radical (unpaired) electrons. The summed E-state index contributed by atoms with van der Waals surface area (Å²) in [5.74, 6) is -0.353. The van der Waals surface area contributed by atoms with E-state index in [2.05, 4.69) is 13.8 Å². The molecular weight excluding hydrogens is 318 g/mol. The molecule has 5 nitrogen and oxygen atoms in total. The molecule has 134 valence electrons. The SMILES string of the molecule is CCC(C)(CCn1ccc(C)c(C(=O)O)c1=O)c1ccccc1OC. The van der Waals surface area contributed by atoms with Crippen LogP contribution in [0.25, 0.3) is 0 Å². The van der Waals surface area contributed by atoms with E-state index in [1.165, 1.54) is 4.57 Å². The first kappa shape index (κ1) is 18.8. The molecule has 25 heavy (non-hydrogen) atoms. The number of rotatable bonds is 7. The number of benzene rings is 1. The monoisotopic (exact) mass is 343 g/mol. The van der Waals surface area contributed by atoms with Crippen molar-refractivity contribution < 1.29 is 14.6 Å². The third-order valence-corrected chi connectivity index (χ3v) is 5.03. The van der Waals surface area contributed by atoms with Crippen LogP contribution < -0.4 is 10.3 Å². The molecule has 0 amide bonds. The third-order valence-electron chi connectivity index (χ3n) is 5.03. The van der Waals surface area contributed by atoms with Crippen LogP contribution in [-0.2, 0) is 12.0 Å². The number of hydrogen-bond acceptors (Lipinski definition) is 3. The van der Waals surface area contributed by atoms with E-state index in [9.17, 15) is 14.7 Å². The highest BCUT2D eigenvalue weighted by Gasteiger charge is 2.28. The molecule has 0 aliphatic heterocycles. The standard InChI is InChI=1S/C20H25NO4/c1-5-20(3,15-8-6-7-9-16(15)25-4)11-13-21-12-10-14(2)17(18(21)22)19(23)24/h6-10,12H,5,11,13H2,1-4H3,(H,23,24). The predicted molar refractivity (Wildman–Crippen MR) is 97.7 cm³/mol. The van der Waals surface area contributed by atoms with E-state index in [0.29, 0.717) is 18.5 Å². The largest absolute Gasteiger partial charge is 0.496 e. The number of pyridine rings is 1. The summed E-state index contributed by atoms with van der Waals surface area (Å²) in [6, 6.07) is 9.57. The van der Waals surface area contributed by atoms with Crippen LogP contribution in [0.3, 0.4) is 0 Å². The first-order chi connectivity index (χ1) is 11.8. The van der Waals surface area contributed by atoms with Crippen LogP contribution >= 0.6 is 0 Å². The molecule has 5 heteroatoms. The van der Waals surface area contributed by atoms with E-state index in [0.717, 1.165) is 17.7 Å². The Kier molecular flexibility index (Phi) is 5.67. The summed E-state index contributed by atoms with van der Waals surface area (Å²) < 4.78 is 6.98. The van der Waals surface area contributed by atoms with Crippen LogP contribution in [-0.4, -0.2) is 22.8 Å². The minimum Gasteiger partial charge on any atom is -0.496 e. The molecule has 0 bridgehead atoms. The smallest absolute Gasteiger partial charge is 0.341 e. The number of carbonyl (C=O) groups is 1. The maximum atomic E-state index is 12.5. The number of methoxy groups -OCH3 is 1. The zero-order chi connectivity index (χ0) is 18.6. The maximum absolute atomic E-state index is 12.5. The number of hydrogen-bond donors (Lipinski definition) is 1. The topological polar surface area (TPSA) is 68.5 Å². The molecule has 0 aliphatic carbocycles. The highest BCUT2D eigenvalue weighted by Crippen LogP contribution is 2.37. The van der Waals surface area contributed by atoms with Crippen LogP contribution in [0.4, 0.5) is 0 Å². The molecule has 2 aromatic rings. The number of carboxylic acid groups (broad SMARTS) is 1. The summed E-state index contributed by atoms with van der Waals surface area (Å²) >= 11 is 0. The molecule has 1 heterocycles. The van der Waals surface area contributed by atoms with Crippen LogP contribution in [0, 0.1) is 6.92 Å². The lowest BCUT2D eigenvalue weighted by molar-refractivity contribution is 0.0693. The van der Waals surface area contributed by atoms with Gasteiger partial charge in [-0.25, -0.2) is 4.79 Å². The van der Waals surface area contributed by atoms with Gasteiger partial charge in [-0.05, 0) is 42.9 Å². The van der Waals surface area contributed by atoms with Crippen LogP contribution in [0.15, 0.2) is 41.3 Å². The zero-order valence-corrected chi connectivity index (χ0v) is 15.2. The fourth-order valence-electron chi connectivity index (χ4n) is 3.11. The Balaban J connectivity index is 2.34. The average Bonchev–Trinajstić information content (AvgIpc) is 2.60. The fourth-order valence-corrected chi connectivity index (χ4v) is 3.11. The third kappa shape index (κ3) is 3.76. The van der Waals surface area contributed by atoms with E-state index < -0.39 is 11.5 Å². The summed E-state index contributed by atoms with van der Waals surface area (Å²) in [5, 5.41) is 9.26. The minimum atomic E-state index is -1.18. The van der Waals surface area contributed by atoms with E-state index >= 15 is 0 Å². The highest BCUT2D eigenvalue weighted by molar-refractivity contribution is 5.88. The Morgan fingerprint density at radius 2 is 1.96 bits per heavy atom. The molecule has 0 fully saturated rings. The molecule has 1 N–H and O–H groups in total. The van der Waals surface area contributed by atoms with Crippen molar-refractivity contribution in [1.29, 1.82) is 0 Å². The van der Waals surface area contributed by atoms with Gasteiger partial charge in [0.25, 0.3) is 5.56 Å². The minimum absolute atomic E-state index is 0.155. The van der Waals surface area contributed by atoms with Crippen LogP contribution in [0.1, 0.15) is 48.2 Å². The van der Waals surface area contributed by atoms with Gasteiger partial charge < -0.3 is 14.4 Å². The molecular formula is C20H25NO4. The van der Waals surface area contributed by atoms with Gasteiger partial charge in [0.1, 0.15) is 11.3 Å². The molecule has 2 rings (SSSR count). The van der Waals surface area contributed by atoms with Gasteiger partial charge in [-0.1, -0.05) is 32.0 Å². The molecule has 0 spiro atoms. The van der Waals surface area contributed by atoms with Gasteiger partial charge in [0.05, 0.1) is 7.11 Å². The van der Waals surface area contributed by atoms with E-state index in [1.54, 1.807) is 26.3 Å². The number of carboxylic acids is 1. The lowest BCUT2D eigenvalue weighted by Crippen LogP contribution is -2.30.